The fourth-order valence-corrected chi connectivity index (χ4v) is 6.49. The second kappa shape index (κ2) is 41.1. The summed E-state index contributed by atoms with van der Waals surface area (Å²) in [4.78, 5) is 24.1. The molecule has 49 heavy (non-hydrogen) atoms. The van der Waals surface area contributed by atoms with Gasteiger partial charge in [0, 0.05) is 12.8 Å². The molecular formula is C44H84O5. The minimum Gasteiger partial charge on any atom is -0.462 e. The summed E-state index contributed by atoms with van der Waals surface area (Å²) >= 11 is 0. The first kappa shape index (κ1) is 47.6. The summed E-state index contributed by atoms with van der Waals surface area (Å²) in [5.74, 6) is -0.584. The molecule has 0 aliphatic carbocycles. The van der Waals surface area contributed by atoms with Gasteiger partial charge in [-0.1, -0.05) is 199 Å². The first-order chi connectivity index (χ1) is 24.1. The number of unbranched alkanes of at least 4 members (excludes halogenated alkanes) is 30. The Bertz CT molecular complexity index is 705. The lowest BCUT2D eigenvalue weighted by Crippen LogP contribution is -2.28. The molecule has 0 aliphatic rings. The maximum atomic E-state index is 12.2. The maximum absolute atomic E-state index is 12.2. The zero-order valence-electron chi connectivity index (χ0n) is 33.0. The zero-order chi connectivity index (χ0) is 35.7. The number of carbonyl (C=O) groups is 2. The number of ether oxygens (including phenoxy) is 2. The molecule has 0 aromatic carbocycles. The molecule has 0 aliphatic heterocycles. The lowest BCUT2D eigenvalue weighted by Gasteiger charge is -2.15. The van der Waals surface area contributed by atoms with E-state index in [0.717, 1.165) is 38.5 Å². The van der Waals surface area contributed by atoms with Crippen LogP contribution in [0.15, 0.2) is 12.2 Å². The minimum atomic E-state index is -0.762. The quantitative estimate of drug-likeness (QED) is 0.0393. The average molecular weight is 693 g/mol. The molecule has 1 N–H and O–H groups in total. The number of rotatable bonds is 40. The Morgan fingerprint density at radius 2 is 0.755 bits per heavy atom. The Labute approximate surface area is 305 Å². The predicted molar refractivity (Wildman–Crippen MR) is 210 cm³/mol. The van der Waals surface area contributed by atoms with E-state index in [2.05, 4.69) is 26.0 Å². The van der Waals surface area contributed by atoms with Gasteiger partial charge in [0.25, 0.3) is 0 Å². The van der Waals surface area contributed by atoms with Gasteiger partial charge >= 0.3 is 11.9 Å². The summed E-state index contributed by atoms with van der Waals surface area (Å²) in [6.07, 6.45) is 47.4. The van der Waals surface area contributed by atoms with Gasteiger partial charge in [0.05, 0.1) is 6.61 Å². The van der Waals surface area contributed by atoms with Crippen molar-refractivity contribution >= 4 is 11.9 Å². The number of hydrogen-bond acceptors (Lipinski definition) is 5. The zero-order valence-corrected chi connectivity index (χ0v) is 33.0. The number of hydrogen-bond donors (Lipinski definition) is 1. The highest BCUT2D eigenvalue weighted by Crippen LogP contribution is 2.15. The molecule has 0 radical (unpaired) electrons. The van der Waals surface area contributed by atoms with E-state index in [1.807, 2.05) is 0 Å². The van der Waals surface area contributed by atoms with Crippen LogP contribution in [0.2, 0.25) is 0 Å². The van der Waals surface area contributed by atoms with Crippen LogP contribution in [0.3, 0.4) is 0 Å². The number of allylic oxidation sites excluding steroid dienone is 2. The standard InChI is InChI=1S/C44H84O5/c1-3-5-7-9-11-13-14-15-16-17-18-19-20-21-22-23-24-25-26-27-28-29-30-31-33-35-37-39-44(47)49-42(40-45)41-48-43(46)38-36-34-32-12-10-8-6-4-2/h17-18,42,45H,3-16,19-41H2,1-2H3/b18-17-. The molecule has 0 saturated heterocycles. The Balaban J connectivity index is 3.40. The van der Waals surface area contributed by atoms with Crippen LogP contribution in [0.25, 0.3) is 0 Å². The van der Waals surface area contributed by atoms with Gasteiger partial charge in [-0.05, 0) is 38.5 Å². The van der Waals surface area contributed by atoms with E-state index in [4.69, 9.17) is 9.47 Å². The lowest BCUT2D eigenvalue weighted by molar-refractivity contribution is -0.161. The van der Waals surface area contributed by atoms with E-state index in [1.165, 1.54) is 173 Å². The lowest BCUT2D eigenvalue weighted by atomic mass is 10.0. The summed E-state index contributed by atoms with van der Waals surface area (Å²) in [6, 6.07) is 0. The van der Waals surface area contributed by atoms with Crippen LogP contribution in [0, 0.1) is 0 Å². The second-order valence-electron chi connectivity index (χ2n) is 14.8. The molecule has 0 aromatic heterocycles. The molecule has 290 valence electrons. The Morgan fingerprint density at radius 3 is 1.10 bits per heavy atom. The molecule has 0 amide bonds. The summed E-state index contributed by atoms with van der Waals surface area (Å²) in [7, 11) is 0. The van der Waals surface area contributed by atoms with E-state index in [1.54, 1.807) is 0 Å². The average Bonchev–Trinajstić information content (AvgIpc) is 3.10. The fraction of sp³-hybridized carbons (Fsp3) is 0.909. The van der Waals surface area contributed by atoms with Gasteiger partial charge in [-0.15, -0.1) is 0 Å². The van der Waals surface area contributed by atoms with Gasteiger partial charge in [0.1, 0.15) is 6.61 Å². The topological polar surface area (TPSA) is 72.8 Å². The number of aliphatic hydroxyl groups excluding tert-OH is 1. The normalized spacial score (nSPS) is 12.1. The van der Waals surface area contributed by atoms with Crippen LogP contribution >= 0.6 is 0 Å². The molecule has 0 spiro atoms. The van der Waals surface area contributed by atoms with Crippen molar-refractivity contribution in [2.75, 3.05) is 13.2 Å². The SMILES string of the molecule is CCCCCCCCCC/C=C\CCCCCCCCCCCCCCCCCC(=O)OC(CO)COC(=O)CCCCCCCCCC. The van der Waals surface area contributed by atoms with E-state index >= 15 is 0 Å². The van der Waals surface area contributed by atoms with Gasteiger partial charge < -0.3 is 14.6 Å². The van der Waals surface area contributed by atoms with E-state index in [-0.39, 0.29) is 25.2 Å². The van der Waals surface area contributed by atoms with Gasteiger partial charge in [-0.3, -0.25) is 9.59 Å². The Hall–Kier alpha value is -1.36. The van der Waals surface area contributed by atoms with Gasteiger partial charge in [0.2, 0.25) is 0 Å². The summed E-state index contributed by atoms with van der Waals surface area (Å²) in [5, 5.41) is 9.53. The van der Waals surface area contributed by atoms with Crippen molar-refractivity contribution in [3.05, 3.63) is 12.2 Å². The smallest absolute Gasteiger partial charge is 0.306 e. The van der Waals surface area contributed by atoms with Crippen LogP contribution in [0.4, 0.5) is 0 Å². The number of carbonyl (C=O) groups excluding carboxylic acids is 2. The third kappa shape index (κ3) is 39.3. The van der Waals surface area contributed by atoms with Crippen LogP contribution < -0.4 is 0 Å². The monoisotopic (exact) mass is 693 g/mol. The summed E-state index contributed by atoms with van der Waals surface area (Å²) < 4.78 is 10.6. The van der Waals surface area contributed by atoms with Crippen molar-refractivity contribution in [2.24, 2.45) is 0 Å². The van der Waals surface area contributed by atoms with Crippen LogP contribution in [0.1, 0.15) is 239 Å². The molecule has 0 bridgehead atoms. The maximum Gasteiger partial charge on any atom is 0.306 e. The molecule has 1 unspecified atom stereocenters. The molecular weight excluding hydrogens is 608 g/mol. The molecule has 0 rings (SSSR count). The fourth-order valence-electron chi connectivity index (χ4n) is 6.49. The van der Waals surface area contributed by atoms with Gasteiger partial charge in [-0.25, -0.2) is 0 Å². The van der Waals surface area contributed by atoms with Crippen molar-refractivity contribution in [3.63, 3.8) is 0 Å². The highest BCUT2D eigenvalue weighted by Gasteiger charge is 2.16. The van der Waals surface area contributed by atoms with Gasteiger partial charge in [-0.2, -0.15) is 0 Å². The third-order valence-corrected chi connectivity index (χ3v) is 9.81. The minimum absolute atomic E-state index is 0.0599. The highest BCUT2D eigenvalue weighted by atomic mass is 16.6. The third-order valence-electron chi connectivity index (χ3n) is 9.81. The molecule has 0 fully saturated rings. The first-order valence-electron chi connectivity index (χ1n) is 21.7. The number of esters is 2. The van der Waals surface area contributed by atoms with Crippen LogP contribution in [0.5, 0.6) is 0 Å². The predicted octanol–water partition coefficient (Wildman–Crippen LogP) is 13.7. The van der Waals surface area contributed by atoms with Crippen LogP contribution in [-0.2, 0) is 19.1 Å². The molecule has 0 aromatic rings. The van der Waals surface area contributed by atoms with Crippen molar-refractivity contribution in [2.45, 2.75) is 245 Å². The number of aliphatic hydroxyl groups is 1. The molecule has 5 nitrogen and oxygen atoms in total. The van der Waals surface area contributed by atoms with Crippen molar-refractivity contribution in [3.8, 4) is 0 Å². The molecule has 0 heterocycles. The Kier molecular flexibility index (Phi) is 39.9. The highest BCUT2D eigenvalue weighted by molar-refractivity contribution is 5.70. The summed E-state index contributed by atoms with van der Waals surface area (Å²) in [6.45, 7) is 4.12. The van der Waals surface area contributed by atoms with Gasteiger partial charge in [0.15, 0.2) is 6.10 Å². The van der Waals surface area contributed by atoms with E-state index in [0.29, 0.717) is 12.8 Å². The molecule has 1 atom stereocenters. The largest absolute Gasteiger partial charge is 0.462 e. The van der Waals surface area contributed by atoms with E-state index in [9.17, 15) is 14.7 Å². The first-order valence-corrected chi connectivity index (χ1v) is 21.7. The Morgan fingerprint density at radius 1 is 0.449 bits per heavy atom. The van der Waals surface area contributed by atoms with E-state index < -0.39 is 6.10 Å². The van der Waals surface area contributed by atoms with Crippen LogP contribution in [-0.4, -0.2) is 36.4 Å². The molecule has 5 heteroatoms. The van der Waals surface area contributed by atoms with Crippen molar-refractivity contribution < 1.29 is 24.2 Å². The van der Waals surface area contributed by atoms with Crippen molar-refractivity contribution in [1.29, 1.82) is 0 Å². The second-order valence-corrected chi connectivity index (χ2v) is 14.8. The van der Waals surface area contributed by atoms with Crippen molar-refractivity contribution in [1.82, 2.24) is 0 Å². The molecule has 0 saturated carbocycles. The summed E-state index contributed by atoms with van der Waals surface area (Å²) in [5.41, 5.74) is 0.